The first-order valence-electron chi connectivity index (χ1n) is 6.11. The molecular weight excluding hydrogens is 250 g/mol. The zero-order chi connectivity index (χ0) is 13.5. The third-order valence-corrected chi connectivity index (χ3v) is 3.27. The Morgan fingerprint density at radius 1 is 1.56 bits per heavy atom. The Hall–Kier alpha value is -1.30. The summed E-state index contributed by atoms with van der Waals surface area (Å²) in [5.74, 6) is -0.0500. The van der Waals surface area contributed by atoms with Crippen molar-refractivity contribution in [3.05, 3.63) is 22.1 Å². The quantitative estimate of drug-likeness (QED) is 0.603. The molecule has 5 nitrogen and oxygen atoms in total. The summed E-state index contributed by atoms with van der Waals surface area (Å²) < 4.78 is 0. The molecule has 0 bridgehead atoms. The van der Waals surface area contributed by atoms with Gasteiger partial charge in [-0.25, -0.2) is 4.98 Å². The fourth-order valence-corrected chi connectivity index (χ4v) is 2.32. The maximum Gasteiger partial charge on any atom is 0.251 e. The molecule has 0 saturated heterocycles. The van der Waals surface area contributed by atoms with Gasteiger partial charge < -0.3 is 10.3 Å². The van der Waals surface area contributed by atoms with Crippen LogP contribution in [0, 0.1) is 0 Å². The Bertz CT molecular complexity index is 459. The summed E-state index contributed by atoms with van der Waals surface area (Å²) in [6.07, 6.45) is 1.71. The van der Waals surface area contributed by atoms with Gasteiger partial charge in [0.15, 0.2) is 5.16 Å². The zero-order valence-corrected chi connectivity index (χ0v) is 11.8. The molecule has 2 N–H and O–H groups in total. The zero-order valence-electron chi connectivity index (χ0n) is 10.9. The lowest BCUT2D eigenvalue weighted by atomic mass is 10.2. The summed E-state index contributed by atoms with van der Waals surface area (Å²) in [5.41, 5.74) is 0.603. The summed E-state index contributed by atoms with van der Waals surface area (Å²) in [5, 5.41) is 2.97. The highest BCUT2D eigenvalue weighted by Crippen LogP contribution is 2.18. The molecular formula is C12H19N3O2S. The van der Waals surface area contributed by atoms with Gasteiger partial charge in [-0.3, -0.25) is 9.59 Å². The first kappa shape index (κ1) is 14.8. The van der Waals surface area contributed by atoms with Crippen molar-refractivity contribution >= 4 is 17.7 Å². The highest BCUT2D eigenvalue weighted by Gasteiger charge is 2.15. The number of rotatable bonds is 6. The van der Waals surface area contributed by atoms with E-state index >= 15 is 0 Å². The lowest BCUT2D eigenvalue weighted by Gasteiger charge is -2.10. The van der Waals surface area contributed by atoms with Crippen LogP contribution < -0.4 is 10.9 Å². The van der Waals surface area contributed by atoms with E-state index in [0.717, 1.165) is 18.5 Å². The van der Waals surface area contributed by atoms with E-state index in [1.165, 1.54) is 17.8 Å². The molecule has 0 aromatic carbocycles. The van der Waals surface area contributed by atoms with Gasteiger partial charge in [-0.1, -0.05) is 25.1 Å². The summed E-state index contributed by atoms with van der Waals surface area (Å²) in [6, 6.07) is 1.50. The number of hydrogen-bond acceptors (Lipinski definition) is 4. The number of thioether (sulfide) groups is 1. The van der Waals surface area contributed by atoms with E-state index in [4.69, 9.17) is 0 Å². The fraction of sp³-hybridized carbons (Fsp3) is 0.583. The van der Waals surface area contributed by atoms with Gasteiger partial charge in [-0.15, -0.1) is 0 Å². The molecule has 0 unspecified atom stereocenters. The molecule has 1 rings (SSSR count). The Kier molecular flexibility index (Phi) is 5.91. The second-order valence-electron chi connectivity index (χ2n) is 3.95. The van der Waals surface area contributed by atoms with E-state index in [1.807, 2.05) is 13.8 Å². The number of amides is 1. The molecule has 0 aliphatic heterocycles. The molecule has 18 heavy (non-hydrogen) atoms. The van der Waals surface area contributed by atoms with Gasteiger partial charge in [0.1, 0.15) is 0 Å². The number of nitrogens with zero attached hydrogens (tertiary/aromatic N) is 1. The van der Waals surface area contributed by atoms with Crippen molar-refractivity contribution in [2.45, 2.75) is 44.0 Å². The maximum atomic E-state index is 11.6. The number of aromatic amines is 1. The minimum Gasteiger partial charge on any atom is -0.355 e. The molecule has 0 saturated carbocycles. The molecule has 0 aliphatic rings. The highest BCUT2D eigenvalue weighted by atomic mass is 32.2. The molecule has 1 atom stereocenters. The van der Waals surface area contributed by atoms with Crippen LogP contribution in [-0.2, 0) is 11.2 Å². The highest BCUT2D eigenvalue weighted by molar-refractivity contribution is 8.00. The summed E-state index contributed by atoms with van der Waals surface area (Å²) in [6.45, 7) is 6.30. The van der Waals surface area contributed by atoms with Crippen molar-refractivity contribution in [2.24, 2.45) is 0 Å². The van der Waals surface area contributed by atoms with Gasteiger partial charge in [0.05, 0.1) is 5.25 Å². The molecule has 6 heteroatoms. The van der Waals surface area contributed by atoms with Crippen LogP contribution in [0.25, 0.3) is 0 Å². The van der Waals surface area contributed by atoms with Crippen LogP contribution >= 0.6 is 11.8 Å². The predicted molar refractivity (Wildman–Crippen MR) is 72.9 cm³/mol. The van der Waals surface area contributed by atoms with Crippen molar-refractivity contribution in [3.8, 4) is 0 Å². The average molecular weight is 269 g/mol. The molecule has 1 aromatic rings. The van der Waals surface area contributed by atoms with Crippen molar-refractivity contribution in [1.29, 1.82) is 0 Å². The second kappa shape index (κ2) is 7.20. The smallest absolute Gasteiger partial charge is 0.251 e. The summed E-state index contributed by atoms with van der Waals surface area (Å²) >= 11 is 1.27. The standard InChI is InChI=1S/C12H19N3O2S/c1-4-6-9-7-10(16)15-12(14-9)18-8(3)11(17)13-5-2/h7-8H,4-6H2,1-3H3,(H,13,17)(H,14,15,16)/t8-/m1/s1. The van der Waals surface area contributed by atoms with Crippen molar-refractivity contribution < 1.29 is 4.79 Å². The van der Waals surface area contributed by atoms with Crippen LogP contribution in [0.1, 0.15) is 32.9 Å². The first-order valence-corrected chi connectivity index (χ1v) is 6.99. The molecule has 1 heterocycles. The monoisotopic (exact) mass is 269 g/mol. The number of H-pyrrole nitrogens is 1. The van der Waals surface area contributed by atoms with E-state index in [9.17, 15) is 9.59 Å². The van der Waals surface area contributed by atoms with Crippen molar-refractivity contribution in [1.82, 2.24) is 15.3 Å². The SMILES string of the molecule is CCCc1cc(=O)[nH]c(S[C@H](C)C(=O)NCC)n1. The lowest BCUT2D eigenvalue weighted by Crippen LogP contribution is -2.30. The van der Waals surface area contributed by atoms with Gasteiger partial charge in [-0.2, -0.15) is 0 Å². The van der Waals surface area contributed by atoms with Crippen LogP contribution in [0.4, 0.5) is 0 Å². The number of nitrogens with one attached hydrogen (secondary N) is 2. The fourth-order valence-electron chi connectivity index (χ4n) is 1.46. The number of hydrogen-bond donors (Lipinski definition) is 2. The minimum absolute atomic E-state index is 0.0500. The maximum absolute atomic E-state index is 11.6. The Labute approximate surface area is 111 Å². The van der Waals surface area contributed by atoms with Gasteiger partial charge in [-0.05, 0) is 20.3 Å². The summed E-state index contributed by atoms with van der Waals surface area (Å²) in [7, 11) is 0. The lowest BCUT2D eigenvalue weighted by molar-refractivity contribution is -0.120. The number of carbonyl (C=O) groups excluding carboxylic acids is 1. The molecule has 100 valence electrons. The summed E-state index contributed by atoms with van der Waals surface area (Å²) in [4.78, 5) is 30.0. The van der Waals surface area contributed by atoms with Crippen LogP contribution in [0.15, 0.2) is 16.0 Å². The van der Waals surface area contributed by atoms with Gasteiger partial charge in [0.2, 0.25) is 5.91 Å². The number of aryl methyl sites for hydroxylation is 1. The topological polar surface area (TPSA) is 74.8 Å². The van der Waals surface area contributed by atoms with E-state index in [1.54, 1.807) is 6.92 Å². The Balaban J connectivity index is 2.77. The van der Waals surface area contributed by atoms with Gasteiger partial charge in [0.25, 0.3) is 5.56 Å². The molecule has 1 amide bonds. The number of aromatic nitrogens is 2. The number of carbonyl (C=O) groups is 1. The molecule has 0 radical (unpaired) electrons. The predicted octanol–water partition coefficient (Wildman–Crippen LogP) is 1.34. The van der Waals surface area contributed by atoms with Crippen LogP contribution in [0.2, 0.25) is 0 Å². The third-order valence-electron chi connectivity index (χ3n) is 2.29. The molecule has 0 spiro atoms. The van der Waals surface area contributed by atoms with Crippen LogP contribution in [-0.4, -0.2) is 27.7 Å². The molecule has 1 aromatic heterocycles. The first-order chi connectivity index (χ1) is 8.56. The third kappa shape index (κ3) is 4.52. The molecule has 0 fully saturated rings. The average Bonchev–Trinajstić information content (AvgIpc) is 2.28. The Morgan fingerprint density at radius 2 is 2.28 bits per heavy atom. The van der Waals surface area contributed by atoms with Crippen LogP contribution in [0.5, 0.6) is 0 Å². The van der Waals surface area contributed by atoms with E-state index in [0.29, 0.717) is 11.7 Å². The normalized spacial score (nSPS) is 12.2. The van der Waals surface area contributed by atoms with E-state index < -0.39 is 0 Å². The Morgan fingerprint density at radius 3 is 2.89 bits per heavy atom. The van der Waals surface area contributed by atoms with Crippen molar-refractivity contribution in [2.75, 3.05) is 6.54 Å². The van der Waals surface area contributed by atoms with Crippen molar-refractivity contribution in [3.63, 3.8) is 0 Å². The minimum atomic E-state index is -0.273. The second-order valence-corrected chi connectivity index (χ2v) is 5.28. The van der Waals surface area contributed by atoms with E-state index in [-0.39, 0.29) is 16.7 Å². The van der Waals surface area contributed by atoms with Gasteiger partial charge in [0, 0.05) is 18.3 Å². The largest absolute Gasteiger partial charge is 0.355 e. The van der Waals surface area contributed by atoms with Crippen LogP contribution in [0.3, 0.4) is 0 Å². The van der Waals surface area contributed by atoms with E-state index in [2.05, 4.69) is 15.3 Å². The van der Waals surface area contributed by atoms with Gasteiger partial charge >= 0.3 is 0 Å². The molecule has 0 aliphatic carbocycles.